The third-order valence-corrected chi connectivity index (χ3v) is 7.33. The van der Waals surface area contributed by atoms with Gasteiger partial charge in [-0.25, -0.2) is 0 Å². The highest BCUT2D eigenvalue weighted by Gasteiger charge is 2.37. The van der Waals surface area contributed by atoms with Crippen molar-refractivity contribution in [1.82, 2.24) is 9.47 Å². The Labute approximate surface area is 174 Å². The van der Waals surface area contributed by atoms with Gasteiger partial charge in [-0.15, -0.1) is 0 Å². The Kier molecular flexibility index (Phi) is 4.52. The summed E-state index contributed by atoms with van der Waals surface area (Å²) < 4.78 is 2.93. The summed E-state index contributed by atoms with van der Waals surface area (Å²) in [6, 6.07) is 15.2. The lowest BCUT2D eigenvalue weighted by atomic mass is 9.94. The monoisotopic (exact) mass is 406 g/mol. The first-order valence-electron chi connectivity index (χ1n) is 9.88. The van der Waals surface area contributed by atoms with Gasteiger partial charge in [-0.3, -0.25) is 9.69 Å². The Morgan fingerprint density at radius 1 is 1.04 bits per heavy atom. The number of nitrogens with zero attached hydrogens (tertiary/aromatic N) is 2. The molecule has 0 spiro atoms. The molecule has 0 unspecified atom stereocenters. The molecule has 1 aromatic heterocycles. The van der Waals surface area contributed by atoms with Gasteiger partial charge >= 0.3 is 0 Å². The number of thiocarbonyl (C=S) groups is 1. The van der Waals surface area contributed by atoms with Gasteiger partial charge in [-0.05, 0) is 36.6 Å². The van der Waals surface area contributed by atoms with E-state index < -0.39 is 0 Å². The summed E-state index contributed by atoms with van der Waals surface area (Å²) in [6.07, 6.45) is 7.80. The number of thioether (sulfide) groups is 1. The van der Waals surface area contributed by atoms with E-state index in [1.807, 2.05) is 11.0 Å². The van der Waals surface area contributed by atoms with Crippen LogP contribution in [0.2, 0.25) is 0 Å². The maximum Gasteiger partial charge on any atom is 0.266 e. The first kappa shape index (κ1) is 18.0. The minimum absolute atomic E-state index is 0.0824. The van der Waals surface area contributed by atoms with Crippen molar-refractivity contribution in [3.05, 3.63) is 52.9 Å². The van der Waals surface area contributed by atoms with Crippen LogP contribution in [0.1, 0.15) is 37.7 Å². The quantitative estimate of drug-likeness (QED) is 0.393. The molecule has 142 valence electrons. The molecule has 28 heavy (non-hydrogen) atoms. The number of para-hydroxylation sites is 1. The van der Waals surface area contributed by atoms with E-state index in [9.17, 15) is 4.79 Å². The Morgan fingerprint density at radius 2 is 1.79 bits per heavy atom. The first-order valence-corrected chi connectivity index (χ1v) is 11.1. The van der Waals surface area contributed by atoms with Crippen molar-refractivity contribution >= 4 is 62.1 Å². The van der Waals surface area contributed by atoms with E-state index in [0.717, 1.165) is 23.3 Å². The lowest BCUT2D eigenvalue weighted by Gasteiger charge is -2.29. The van der Waals surface area contributed by atoms with Crippen LogP contribution in [0, 0.1) is 0 Å². The van der Waals surface area contributed by atoms with Gasteiger partial charge in [0.15, 0.2) is 0 Å². The number of carbonyl (C=O) groups is 1. The van der Waals surface area contributed by atoms with E-state index >= 15 is 0 Å². The molecule has 0 radical (unpaired) electrons. The van der Waals surface area contributed by atoms with Crippen molar-refractivity contribution in [3.8, 4) is 0 Å². The fraction of sp³-hybridized carbons (Fsp3) is 0.304. The van der Waals surface area contributed by atoms with Gasteiger partial charge < -0.3 is 4.57 Å². The molecule has 2 heterocycles. The number of rotatable bonds is 2. The van der Waals surface area contributed by atoms with E-state index in [0.29, 0.717) is 4.32 Å². The molecule has 2 aromatic carbocycles. The molecule has 5 rings (SSSR count). The molecule has 0 N–H and O–H groups in total. The molecule has 1 aliphatic carbocycles. The highest BCUT2D eigenvalue weighted by molar-refractivity contribution is 8.26. The van der Waals surface area contributed by atoms with E-state index in [4.69, 9.17) is 12.2 Å². The second-order valence-electron chi connectivity index (χ2n) is 7.70. The zero-order valence-electron chi connectivity index (χ0n) is 15.9. The summed E-state index contributed by atoms with van der Waals surface area (Å²) in [7, 11) is 2.09. The lowest BCUT2D eigenvalue weighted by Crippen LogP contribution is -2.39. The fourth-order valence-corrected chi connectivity index (χ4v) is 5.95. The number of fused-ring (bicyclic) bond motifs is 3. The normalized spacial score (nSPS) is 20.2. The zero-order valence-corrected chi connectivity index (χ0v) is 17.5. The Bertz CT molecular complexity index is 1140. The van der Waals surface area contributed by atoms with Gasteiger partial charge in [0.1, 0.15) is 4.32 Å². The molecule has 1 saturated heterocycles. The van der Waals surface area contributed by atoms with Crippen molar-refractivity contribution in [2.24, 2.45) is 7.05 Å². The van der Waals surface area contributed by atoms with Crippen LogP contribution >= 0.6 is 24.0 Å². The fourth-order valence-electron chi connectivity index (χ4n) is 4.55. The molecule has 2 fully saturated rings. The second-order valence-corrected chi connectivity index (χ2v) is 9.37. The van der Waals surface area contributed by atoms with Gasteiger partial charge in [0.25, 0.3) is 5.91 Å². The van der Waals surface area contributed by atoms with Crippen molar-refractivity contribution in [2.45, 2.75) is 38.1 Å². The summed E-state index contributed by atoms with van der Waals surface area (Å²) >= 11 is 7.00. The van der Waals surface area contributed by atoms with Gasteiger partial charge in [0.05, 0.1) is 4.91 Å². The SMILES string of the molecule is Cn1c2ccccc2c2ccc(/C=C3\SC(=S)N(C4CCCCC4)C3=O)cc21. The van der Waals surface area contributed by atoms with Crippen LogP contribution in [0.15, 0.2) is 47.4 Å². The number of carbonyl (C=O) groups excluding carboxylic acids is 1. The van der Waals surface area contributed by atoms with Crippen molar-refractivity contribution < 1.29 is 4.79 Å². The van der Waals surface area contributed by atoms with Crippen molar-refractivity contribution in [3.63, 3.8) is 0 Å². The molecule has 5 heteroatoms. The number of hydrogen-bond donors (Lipinski definition) is 0. The van der Waals surface area contributed by atoms with Gasteiger partial charge in [-0.2, -0.15) is 0 Å². The summed E-state index contributed by atoms with van der Waals surface area (Å²) in [4.78, 5) is 15.7. The average molecular weight is 407 g/mol. The molecular weight excluding hydrogens is 384 g/mol. The molecule has 1 saturated carbocycles. The Hall–Kier alpha value is -2.11. The molecule has 3 aromatic rings. The smallest absolute Gasteiger partial charge is 0.266 e. The summed E-state index contributed by atoms with van der Waals surface area (Å²) in [5.74, 6) is 0.0824. The van der Waals surface area contributed by atoms with Gasteiger partial charge in [-0.1, -0.05) is 73.6 Å². The van der Waals surface area contributed by atoms with E-state index in [1.165, 1.54) is 52.8 Å². The Balaban J connectivity index is 1.51. The van der Waals surface area contributed by atoms with Crippen LogP contribution in [0.4, 0.5) is 0 Å². The van der Waals surface area contributed by atoms with Crippen molar-refractivity contribution in [2.75, 3.05) is 0 Å². The van der Waals surface area contributed by atoms with E-state index in [-0.39, 0.29) is 11.9 Å². The maximum absolute atomic E-state index is 13.0. The highest BCUT2D eigenvalue weighted by atomic mass is 32.2. The number of benzene rings is 2. The van der Waals surface area contributed by atoms with Crippen LogP contribution in [0.25, 0.3) is 27.9 Å². The summed E-state index contributed by atoms with van der Waals surface area (Å²) in [5.41, 5.74) is 3.44. The topological polar surface area (TPSA) is 25.2 Å². The molecule has 0 bridgehead atoms. The number of aryl methyl sites for hydroxylation is 1. The second kappa shape index (κ2) is 7.05. The zero-order chi connectivity index (χ0) is 19.3. The first-order chi connectivity index (χ1) is 13.6. The molecule has 1 amide bonds. The third kappa shape index (κ3) is 2.88. The van der Waals surface area contributed by atoms with E-state index in [2.05, 4.69) is 54.1 Å². The molecule has 1 aliphatic heterocycles. The van der Waals surface area contributed by atoms with Crippen LogP contribution < -0.4 is 0 Å². The Morgan fingerprint density at radius 3 is 2.61 bits per heavy atom. The molecule has 0 atom stereocenters. The average Bonchev–Trinajstić information content (AvgIpc) is 3.16. The molecule has 3 nitrogen and oxygen atoms in total. The van der Waals surface area contributed by atoms with Crippen molar-refractivity contribution in [1.29, 1.82) is 0 Å². The number of aromatic nitrogens is 1. The van der Waals surface area contributed by atoms with Crippen LogP contribution in [-0.2, 0) is 11.8 Å². The summed E-state index contributed by atoms with van der Waals surface area (Å²) in [5, 5.41) is 2.50. The highest BCUT2D eigenvalue weighted by Crippen LogP contribution is 2.38. The minimum Gasteiger partial charge on any atom is -0.344 e. The van der Waals surface area contributed by atoms with Gasteiger partial charge in [0, 0.05) is 34.9 Å². The maximum atomic E-state index is 13.0. The molecular formula is C23H22N2OS2. The van der Waals surface area contributed by atoms with Crippen LogP contribution in [-0.4, -0.2) is 25.7 Å². The van der Waals surface area contributed by atoms with Crippen LogP contribution in [0.5, 0.6) is 0 Å². The summed E-state index contributed by atoms with van der Waals surface area (Å²) in [6.45, 7) is 0. The third-order valence-electron chi connectivity index (χ3n) is 6.00. The standard InChI is InChI=1S/C23H22N2OS2/c1-24-19-10-6-5-9-17(19)18-12-11-15(13-20(18)24)14-21-22(26)25(23(27)28-21)16-7-3-2-4-8-16/h5-6,9-14,16H,2-4,7-8H2,1H3/b21-14-. The number of amides is 1. The minimum atomic E-state index is 0.0824. The van der Waals surface area contributed by atoms with Gasteiger partial charge in [0.2, 0.25) is 0 Å². The predicted octanol–water partition coefficient (Wildman–Crippen LogP) is 5.87. The lowest BCUT2D eigenvalue weighted by molar-refractivity contribution is -0.124. The predicted molar refractivity (Wildman–Crippen MR) is 122 cm³/mol. The van der Waals surface area contributed by atoms with E-state index in [1.54, 1.807) is 0 Å². The van der Waals surface area contributed by atoms with Crippen LogP contribution in [0.3, 0.4) is 0 Å². The largest absolute Gasteiger partial charge is 0.344 e. The number of hydrogen-bond acceptors (Lipinski definition) is 3. The molecule has 2 aliphatic rings.